The number of aryl methyl sites for hydroxylation is 1. The minimum absolute atomic E-state index is 0.732. The first-order chi connectivity index (χ1) is 8.69. The van der Waals surface area contributed by atoms with E-state index < -0.39 is 0 Å². The molecule has 1 heterocycles. The van der Waals surface area contributed by atoms with Crippen molar-refractivity contribution in [2.75, 3.05) is 14.1 Å². The Morgan fingerprint density at radius 1 is 1.28 bits per heavy atom. The molecule has 0 unspecified atom stereocenters. The van der Waals surface area contributed by atoms with Crippen molar-refractivity contribution in [1.82, 2.24) is 15.2 Å². The van der Waals surface area contributed by atoms with Crippen LogP contribution in [-0.2, 0) is 6.54 Å². The molecule has 0 saturated heterocycles. The molecule has 1 aliphatic carbocycles. The SMILES string of the molecule is CNC1CCC(N(C)Cc2ccc(C)nc2)CC1. The van der Waals surface area contributed by atoms with E-state index in [0.717, 1.165) is 24.3 Å². The van der Waals surface area contributed by atoms with Gasteiger partial charge in [-0.25, -0.2) is 0 Å². The molecule has 0 spiro atoms. The standard InChI is InChI=1S/C15H25N3/c1-12-4-5-13(10-17-12)11-18(3)15-8-6-14(16-2)7-9-15/h4-5,10,14-16H,6-9,11H2,1-3H3. The lowest BCUT2D eigenvalue weighted by Crippen LogP contribution is -2.39. The van der Waals surface area contributed by atoms with Gasteiger partial charge >= 0.3 is 0 Å². The third-order valence-electron chi connectivity index (χ3n) is 4.13. The van der Waals surface area contributed by atoms with E-state index in [4.69, 9.17) is 0 Å². The third kappa shape index (κ3) is 3.53. The van der Waals surface area contributed by atoms with Crippen molar-refractivity contribution >= 4 is 0 Å². The highest BCUT2D eigenvalue weighted by molar-refractivity contribution is 5.13. The summed E-state index contributed by atoms with van der Waals surface area (Å²) in [5.74, 6) is 0. The van der Waals surface area contributed by atoms with Crippen LogP contribution in [0.3, 0.4) is 0 Å². The Labute approximate surface area is 111 Å². The molecule has 1 aromatic rings. The molecular formula is C15H25N3. The second-order valence-electron chi connectivity index (χ2n) is 5.52. The summed E-state index contributed by atoms with van der Waals surface area (Å²) in [6, 6.07) is 5.76. The topological polar surface area (TPSA) is 28.2 Å². The van der Waals surface area contributed by atoms with E-state index >= 15 is 0 Å². The maximum atomic E-state index is 4.37. The Morgan fingerprint density at radius 2 is 2.00 bits per heavy atom. The molecule has 1 saturated carbocycles. The van der Waals surface area contributed by atoms with Crippen LogP contribution >= 0.6 is 0 Å². The summed E-state index contributed by atoms with van der Waals surface area (Å²) in [6.45, 7) is 3.05. The van der Waals surface area contributed by atoms with Crippen LogP contribution in [0, 0.1) is 6.92 Å². The molecule has 0 amide bonds. The smallest absolute Gasteiger partial charge is 0.0372 e. The summed E-state index contributed by atoms with van der Waals surface area (Å²) in [7, 11) is 4.32. The molecule has 3 heteroatoms. The molecular weight excluding hydrogens is 222 g/mol. The second kappa shape index (κ2) is 6.30. The summed E-state index contributed by atoms with van der Waals surface area (Å²) >= 11 is 0. The average molecular weight is 247 g/mol. The zero-order chi connectivity index (χ0) is 13.0. The highest BCUT2D eigenvalue weighted by atomic mass is 15.1. The molecule has 1 fully saturated rings. The number of hydrogen-bond donors (Lipinski definition) is 1. The Morgan fingerprint density at radius 3 is 2.56 bits per heavy atom. The normalized spacial score (nSPS) is 24.4. The Kier molecular flexibility index (Phi) is 4.72. The first kappa shape index (κ1) is 13.5. The van der Waals surface area contributed by atoms with Crippen molar-refractivity contribution < 1.29 is 0 Å². The van der Waals surface area contributed by atoms with E-state index in [-0.39, 0.29) is 0 Å². The molecule has 2 rings (SSSR count). The fourth-order valence-electron chi connectivity index (χ4n) is 2.81. The molecule has 3 nitrogen and oxygen atoms in total. The van der Waals surface area contributed by atoms with Gasteiger partial charge in [0.1, 0.15) is 0 Å². The molecule has 18 heavy (non-hydrogen) atoms. The van der Waals surface area contributed by atoms with Crippen molar-refractivity contribution in [3.05, 3.63) is 29.6 Å². The lowest BCUT2D eigenvalue weighted by Gasteiger charge is -2.34. The van der Waals surface area contributed by atoms with Crippen LogP contribution in [0.1, 0.15) is 36.9 Å². The number of nitrogens with one attached hydrogen (secondary N) is 1. The quantitative estimate of drug-likeness (QED) is 0.885. The Bertz CT molecular complexity index is 353. The maximum Gasteiger partial charge on any atom is 0.0372 e. The highest BCUT2D eigenvalue weighted by Gasteiger charge is 2.22. The van der Waals surface area contributed by atoms with Gasteiger partial charge in [-0.05, 0) is 58.3 Å². The number of pyridine rings is 1. The van der Waals surface area contributed by atoms with Crippen LogP contribution in [0.15, 0.2) is 18.3 Å². The average Bonchev–Trinajstić information content (AvgIpc) is 2.41. The molecule has 0 radical (unpaired) electrons. The van der Waals surface area contributed by atoms with Gasteiger partial charge < -0.3 is 5.32 Å². The van der Waals surface area contributed by atoms with Gasteiger partial charge in [-0.15, -0.1) is 0 Å². The van der Waals surface area contributed by atoms with Crippen molar-refractivity contribution in [1.29, 1.82) is 0 Å². The van der Waals surface area contributed by atoms with Crippen LogP contribution in [-0.4, -0.2) is 36.1 Å². The van der Waals surface area contributed by atoms with Gasteiger partial charge in [-0.1, -0.05) is 6.07 Å². The van der Waals surface area contributed by atoms with E-state index in [9.17, 15) is 0 Å². The zero-order valence-electron chi connectivity index (χ0n) is 11.8. The van der Waals surface area contributed by atoms with Gasteiger partial charge in [0, 0.05) is 30.5 Å². The molecule has 0 aliphatic heterocycles. The summed E-state index contributed by atoms with van der Waals surface area (Å²) in [5, 5.41) is 3.39. The number of aromatic nitrogens is 1. The lowest BCUT2D eigenvalue weighted by atomic mass is 9.90. The van der Waals surface area contributed by atoms with Crippen molar-refractivity contribution in [2.24, 2.45) is 0 Å². The van der Waals surface area contributed by atoms with E-state index in [1.807, 2.05) is 13.1 Å². The number of hydrogen-bond acceptors (Lipinski definition) is 3. The Balaban J connectivity index is 1.85. The predicted molar refractivity (Wildman–Crippen MR) is 75.5 cm³/mol. The minimum Gasteiger partial charge on any atom is -0.317 e. The second-order valence-corrected chi connectivity index (χ2v) is 5.52. The van der Waals surface area contributed by atoms with Gasteiger partial charge in [0.15, 0.2) is 0 Å². The fourth-order valence-corrected chi connectivity index (χ4v) is 2.81. The molecule has 0 aromatic carbocycles. The van der Waals surface area contributed by atoms with E-state index in [1.54, 1.807) is 0 Å². The van der Waals surface area contributed by atoms with Crippen LogP contribution in [0.5, 0.6) is 0 Å². The maximum absolute atomic E-state index is 4.37. The van der Waals surface area contributed by atoms with Crippen molar-refractivity contribution in [3.63, 3.8) is 0 Å². The summed E-state index contributed by atoms with van der Waals surface area (Å²) in [4.78, 5) is 6.85. The van der Waals surface area contributed by atoms with Crippen LogP contribution in [0.2, 0.25) is 0 Å². The summed E-state index contributed by atoms with van der Waals surface area (Å²) in [6.07, 6.45) is 7.23. The van der Waals surface area contributed by atoms with Crippen molar-refractivity contribution in [2.45, 2.75) is 51.2 Å². The van der Waals surface area contributed by atoms with Crippen molar-refractivity contribution in [3.8, 4) is 0 Å². The lowest BCUT2D eigenvalue weighted by molar-refractivity contribution is 0.170. The summed E-state index contributed by atoms with van der Waals surface area (Å²) < 4.78 is 0. The fraction of sp³-hybridized carbons (Fsp3) is 0.667. The molecule has 1 aliphatic rings. The van der Waals surface area contributed by atoms with Gasteiger partial charge in [0.2, 0.25) is 0 Å². The summed E-state index contributed by atoms with van der Waals surface area (Å²) in [5.41, 5.74) is 2.41. The van der Waals surface area contributed by atoms with Gasteiger partial charge in [0.05, 0.1) is 0 Å². The molecule has 0 bridgehead atoms. The van der Waals surface area contributed by atoms with Gasteiger partial charge in [0.25, 0.3) is 0 Å². The zero-order valence-corrected chi connectivity index (χ0v) is 11.8. The number of rotatable bonds is 4. The van der Waals surface area contributed by atoms with Gasteiger partial charge in [-0.2, -0.15) is 0 Å². The first-order valence-corrected chi connectivity index (χ1v) is 6.98. The molecule has 0 atom stereocenters. The largest absolute Gasteiger partial charge is 0.317 e. The van der Waals surface area contributed by atoms with E-state index in [0.29, 0.717) is 0 Å². The van der Waals surface area contributed by atoms with E-state index in [1.165, 1.54) is 31.2 Å². The molecule has 1 N–H and O–H groups in total. The predicted octanol–water partition coefficient (Wildman–Crippen LogP) is 2.35. The molecule has 1 aromatic heterocycles. The number of nitrogens with zero attached hydrogens (tertiary/aromatic N) is 2. The third-order valence-corrected chi connectivity index (χ3v) is 4.13. The van der Waals surface area contributed by atoms with Crippen LogP contribution < -0.4 is 5.32 Å². The van der Waals surface area contributed by atoms with Crippen LogP contribution in [0.25, 0.3) is 0 Å². The highest BCUT2D eigenvalue weighted by Crippen LogP contribution is 2.23. The van der Waals surface area contributed by atoms with Crippen LogP contribution in [0.4, 0.5) is 0 Å². The minimum atomic E-state index is 0.732. The van der Waals surface area contributed by atoms with Gasteiger partial charge in [-0.3, -0.25) is 9.88 Å². The monoisotopic (exact) mass is 247 g/mol. The Hall–Kier alpha value is -0.930. The molecule has 100 valence electrons. The van der Waals surface area contributed by atoms with E-state index in [2.05, 4.69) is 41.4 Å². The first-order valence-electron chi connectivity index (χ1n) is 6.98.